The zero-order chi connectivity index (χ0) is 15.5. The third kappa shape index (κ3) is 2.45. The zero-order valence-electron chi connectivity index (χ0n) is 12.2. The highest BCUT2D eigenvalue weighted by Crippen LogP contribution is 2.24. The number of aromatic hydroxyl groups is 1. The van der Waals surface area contributed by atoms with Crippen LogP contribution < -0.4 is 0 Å². The molecular weight excluding hydrogens is 274 g/mol. The normalized spacial score (nSPS) is 11.5. The maximum absolute atomic E-state index is 9.55. The zero-order valence-corrected chi connectivity index (χ0v) is 12.2. The van der Waals surface area contributed by atoms with E-state index in [-0.39, 0.29) is 5.75 Å². The van der Waals surface area contributed by atoms with E-state index in [1.165, 1.54) is 0 Å². The average molecular weight is 289 g/mol. The van der Waals surface area contributed by atoms with Crippen LogP contribution in [0.25, 0.3) is 22.7 Å². The molecule has 108 valence electrons. The Bertz CT molecular complexity index is 900. The molecule has 3 rings (SSSR count). The number of nitrogens with zero attached hydrogens (tertiary/aromatic N) is 3. The number of rotatable bonds is 3. The number of imidazole rings is 1. The Kier molecular flexibility index (Phi) is 3.63. The van der Waals surface area contributed by atoms with E-state index in [1.54, 1.807) is 24.3 Å². The molecule has 0 bridgehead atoms. The van der Waals surface area contributed by atoms with Gasteiger partial charge < -0.3 is 9.67 Å². The first-order valence-electron chi connectivity index (χ1n) is 7.09. The first-order valence-corrected chi connectivity index (χ1v) is 7.09. The molecule has 1 N–H and O–H groups in total. The van der Waals surface area contributed by atoms with Gasteiger partial charge in [-0.3, -0.25) is 0 Å². The van der Waals surface area contributed by atoms with Gasteiger partial charge in [-0.2, -0.15) is 5.26 Å². The van der Waals surface area contributed by atoms with Gasteiger partial charge in [0.2, 0.25) is 0 Å². The molecule has 0 saturated heterocycles. The summed E-state index contributed by atoms with van der Waals surface area (Å²) in [6.07, 6.45) is 1.74. The summed E-state index contributed by atoms with van der Waals surface area (Å²) in [4.78, 5) is 4.58. The quantitative estimate of drug-likeness (QED) is 0.745. The van der Waals surface area contributed by atoms with Gasteiger partial charge in [0.15, 0.2) is 5.82 Å². The maximum Gasteiger partial charge on any atom is 0.151 e. The minimum atomic E-state index is 0.176. The van der Waals surface area contributed by atoms with Crippen LogP contribution in [-0.2, 0) is 6.54 Å². The van der Waals surface area contributed by atoms with Gasteiger partial charge >= 0.3 is 0 Å². The summed E-state index contributed by atoms with van der Waals surface area (Å²) in [7, 11) is 0. The van der Waals surface area contributed by atoms with Gasteiger partial charge in [-0.05, 0) is 42.8 Å². The molecule has 22 heavy (non-hydrogen) atoms. The number of fused-ring (bicyclic) bond motifs is 1. The Morgan fingerprint density at radius 1 is 1.27 bits per heavy atom. The standard InChI is InChI=1S/C18H15N3O/c1-2-21-17-9-4-3-8-16(17)20-18(21)14(12-19)10-13-6-5-7-15(22)11-13/h3-11,22H,2H2,1H3/b14-10-. The van der Waals surface area contributed by atoms with Crippen molar-refractivity contribution in [2.24, 2.45) is 0 Å². The minimum Gasteiger partial charge on any atom is -0.508 e. The van der Waals surface area contributed by atoms with Crippen molar-refractivity contribution in [1.82, 2.24) is 9.55 Å². The van der Waals surface area contributed by atoms with E-state index in [9.17, 15) is 10.4 Å². The Morgan fingerprint density at radius 2 is 2.09 bits per heavy atom. The smallest absolute Gasteiger partial charge is 0.151 e. The number of aromatic nitrogens is 2. The fourth-order valence-corrected chi connectivity index (χ4v) is 2.53. The first-order chi connectivity index (χ1) is 10.7. The lowest BCUT2D eigenvalue weighted by Crippen LogP contribution is -2.00. The van der Waals surface area contributed by atoms with Crippen LogP contribution in [0.15, 0.2) is 48.5 Å². The second-order valence-corrected chi connectivity index (χ2v) is 4.93. The van der Waals surface area contributed by atoms with Gasteiger partial charge in [0, 0.05) is 6.54 Å². The van der Waals surface area contributed by atoms with Crippen LogP contribution >= 0.6 is 0 Å². The number of phenols is 1. The Morgan fingerprint density at radius 3 is 2.82 bits per heavy atom. The van der Waals surface area contributed by atoms with Gasteiger partial charge in [0.25, 0.3) is 0 Å². The van der Waals surface area contributed by atoms with E-state index in [2.05, 4.69) is 11.1 Å². The van der Waals surface area contributed by atoms with Crippen molar-refractivity contribution in [1.29, 1.82) is 5.26 Å². The topological polar surface area (TPSA) is 61.8 Å². The molecule has 2 aromatic carbocycles. The molecule has 0 aliphatic rings. The number of nitriles is 1. The van der Waals surface area contributed by atoms with Gasteiger partial charge in [-0.1, -0.05) is 24.3 Å². The second kappa shape index (κ2) is 5.74. The Hall–Kier alpha value is -3.06. The predicted octanol–water partition coefficient (Wildman–Crippen LogP) is 3.83. The number of benzene rings is 2. The lowest BCUT2D eigenvalue weighted by atomic mass is 10.1. The van der Waals surface area contributed by atoms with Crippen molar-refractivity contribution in [3.05, 3.63) is 59.9 Å². The molecule has 3 aromatic rings. The summed E-state index contributed by atoms with van der Waals surface area (Å²) in [5.74, 6) is 0.824. The Labute approximate surface area is 128 Å². The van der Waals surface area contributed by atoms with Crippen LogP contribution in [0.2, 0.25) is 0 Å². The van der Waals surface area contributed by atoms with Crippen LogP contribution in [0.3, 0.4) is 0 Å². The van der Waals surface area contributed by atoms with Gasteiger partial charge in [0.05, 0.1) is 16.6 Å². The van der Waals surface area contributed by atoms with Gasteiger partial charge in [-0.15, -0.1) is 0 Å². The summed E-state index contributed by atoms with van der Waals surface area (Å²) in [5, 5.41) is 19.1. The average Bonchev–Trinajstić information content (AvgIpc) is 2.91. The molecule has 0 aliphatic heterocycles. The molecule has 0 saturated carbocycles. The number of para-hydroxylation sites is 2. The number of hydrogen-bond donors (Lipinski definition) is 1. The third-order valence-electron chi connectivity index (χ3n) is 3.51. The van der Waals surface area contributed by atoms with Crippen molar-refractivity contribution in [3.8, 4) is 11.8 Å². The molecule has 4 nitrogen and oxygen atoms in total. The van der Waals surface area contributed by atoms with Crippen LogP contribution in [0.1, 0.15) is 18.3 Å². The molecular formula is C18H15N3O. The summed E-state index contributed by atoms with van der Waals surface area (Å²) >= 11 is 0. The number of aryl methyl sites for hydroxylation is 1. The molecule has 0 fully saturated rings. The third-order valence-corrected chi connectivity index (χ3v) is 3.51. The van der Waals surface area contributed by atoms with Crippen molar-refractivity contribution in [2.45, 2.75) is 13.5 Å². The molecule has 0 amide bonds. The summed E-state index contributed by atoms with van der Waals surface area (Å²) in [6, 6.07) is 16.9. The largest absolute Gasteiger partial charge is 0.508 e. The van der Waals surface area contributed by atoms with Crippen LogP contribution in [0, 0.1) is 11.3 Å². The highest BCUT2D eigenvalue weighted by Gasteiger charge is 2.13. The van der Waals surface area contributed by atoms with Gasteiger partial charge in [-0.25, -0.2) is 4.98 Å². The molecule has 0 spiro atoms. The van der Waals surface area contributed by atoms with Crippen LogP contribution in [0.4, 0.5) is 0 Å². The molecule has 4 heteroatoms. The highest BCUT2D eigenvalue weighted by atomic mass is 16.3. The number of allylic oxidation sites excluding steroid dienone is 1. The molecule has 0 unspecified atom stereocenters. The predicted molar refractivity (Wildman–Crippen MR) is 87.0 cm³/mol. The first kappa shape index (κ1) is 13.9. The lowest BCUT2D eigenvalue weighted by Gasteiger charge is -2.05. The summed E-state index contributed by atoms with van der Waals surface area (Å²) in [6.45, 7) is 2.76. The maximum atomic E-state index is 9.55. The molecule has 0 radical (unpaired) electrons. The van der Waals surface area contributed by atoms with Crippen LogP contribution in [-0.4, -0.2) is 14.7 Å². The van der Waals surface area contributed by atoms with E-state index in [0.717, 1.165) is 23.1 Å². The van der Waals surface area contributed by atoms with Crippen molar-refractivity contribution < 1.29 is 5.11 Å². The van der Waals surface area contributed by atoms with E-state index >= 15 is 0 Å². The molecule has 0 aliphatic carbocycles. The van der Waals surface area contributed by atoms with Crippen LogP contribution in [0.5, 0.6) is 5.75 Å². The van der Waals surface area contributed by atoms with Crippen molar-refractivity contribution in [2.75, 3.05) is 0 Å². The summed E-state index contributed by atoms with van der Waals surface area (Å²) < 4.78 is 2.02. The van der Waals surface area contributed by atoms with Gasteiger partial charge in [0.1, 0.15) is 11.8 Å². The van der Waals surface area contributed by atoms with Crippen molar-refractivity contribution >= 4 is 22.7 Å². The lowest BCUT2D eigenvalue weighted by molar-refractivity contribution is 0.475. The monoisotopic (exact) mass is 289 g/mol. The highest BCUT2D eigenvalue weighted by molar-refractivity contribution is 5.91. The Balaban J connectivity index is 2.17. The van der Waals surface area contributed by atoms with Crippen molar-refractivity contribution in [3.63, 3.8) is 0 Å². The van der Waals surface area contributed by atoms with E-state index < -0.39 is 0 Å². The van der Waals surface area contributed by atoms with E-state index in [4.69, 9.17) is 0 Å². The number of phenolic OH excluding ortho intramolecular Hbond substituents is 1. The molecule has 0 atom stereocenters. The fourth-order valence-electron chi connectivity index (χ4n) is 2.53. The SMILES string of the molecule is CCn1c(/C(C#N)=C\c2cccc(O)c2)nc2ccccc21. The van der Waals surface area contributed by atoms with E-state index in [0.29, 0.717) is 11.4 Å². The minimum absolute atomic E-state index is 0.176. The second-order valence-electron chi connectivity index (χ2n) is 4.93. The fraction of sp³-hybridized carbons (Fsp3) is 0.111. The number of hydrogen-bond acceptors (Lipinski definition) is 3. The molecule has 1 heterocycles. The van der Waals surface area contributed by atoms with E-state index in [1.807, 2.05) is 41.8 Å². The molecule has 1 aromatic heterocycles. The summed E-state index contributed by atoms with van der Waals surface area (Å²) in [5.41, 5.74) is 3.13.